The lowest BCUT2D eigenvalue weighted by atomic mass is 9.83. The molecule has 0 radical (unpaired) electrons. The molecule has 1 aliphatic carbocycles. The van der Waals surface area contributed by atoms with Crippen LogP contribution in [-0.2, 0) is 0 Å². The molecule has 4 N–H and O–H groups in total. The molecule has 6 nitrogen and oxygen atoms in total. The zero-order chi connectivity index (χ0) is 22.9. The zero-order valence-electron chi connectivity index (χ0n) is 18.9. The van der Waals surface area contributed by atoms with Gasteiger partial charge in [-0.25, -0.2) is 0 Å². The van der Waals surface area contributed by atoms with Crippen molar-refractivity contribution in [3.63, 3.8) is 0 Å². The number of allylic oxidation sites excluding steroid dienone is 1. The maximum absolute atomic E-state index is 5.82. The molecule has 1 atom stereocenters. The van der Waals surface area contributed by atoms with Gasteiger partial charge in [-0.1, -0.05) is 30.3 Å². The maximum atomic E-state index is 5.82. The van der Waals surface area contributed by atoms with Crippen molar-refractivity contribution >= 4 is 17.3 Å². The Morgan fingerprint density at radius 1 is 0.788 bits per heavy atom. The van der Waals surface area contributed by atoms with Gasteiger partial charge in [-0.15, -0.1) is 0 Å². The Bertz CT molecular complexity index is 1030. The maximum Gasteiger partial charge on any atom is 0.119 e. The molecule has 174 valence electrons. The minimum atomic E-state index is 0.207. The highest BCUT2D eigenvalue weighted by molar-refractivity contribution is 6.99. The first-order chi connectivity index (χ1) is 16.3. The summed E-state index contributed by atoms with van der Waals surface area (Å²) >= 11 is 1.28. The highest BCUT2D eigenvalue weighted by Gasteiger charge is 2.27. The number of hydrogen-bond acceptors (Lipinski definition) is 7. The second-order valence-electron chi connectivity index (χ2n) is 8.19. The van der Waals surface area contributed by atoms with E-state index in [1.54, 1.807) is 0 Å². The van der Waals surface area contributed by atoms with Gasteiger partial charge in [0.05, 0.1) is 30.6 Å². The second kappa shape index (κ2) is 11.9. The molecule has 0 spiro atoms. The Kier molecular flexibility index (Phi) is 8.47. The smallest absolute Gasteiger partial charge is 0.119 e. The molecule has 0 bridgehead atoms. The lowest BCUT2D eigenvalue weighted by molar-refractivity contribution is 0.307. The third-order valence-electron chi connectivity index (χ3n) is 5.84. The summed E-state index contributed by atoms with van der Waals surface area (Å²) in [6, 6.07) is 16.6. The fourth-order valence-electron chi connectivity index (χ4n) is 4.00. The molecule has 1 aromatic heterocycles. The first-order valence-electron chi connectivity index (χ1n) is 11.7. The van der Waals surface area contributed by atoms with Crippen LogP contribution < -0.4 is 20.9 Å². The first-order valence-corrected chi connectivity index (χ1v) is 12.4. The Hall–Kier alpha value is -2.74. The zero-order valence-corrected chi connectivity index (χ0v) is 19.7. The summed E-state index contributed by atoms with van der Waals surface area (Å²) in [5.41, 5.74) is 16.6. The van der Waals surface area contributed by atoms with Gasteiger partial charge in [0.1, 0.15) is 17.2 Å². The van der Waals surface area contributed by atoms with Crippen LogP contribution in [0.2, 0.25) is 0 Å². The van der Waals surface area contributed by atoms with Gasteiger partial charge in [0.25, 0.3) is 0 Å². The SMILES string of the molecule is NCCCCOc1ccc(C2=CCC(c3ccc(OCCCCN)cc3)c3nsnc32)cc1. The molecule has 7 heteroatoms. The molecule has 1 aliphatic rings. The fraction of sp³-hybridized carbons (Fsp3) is 0.385. The van der Waals surface area contributed by atoms with Crippen molar-refractivity contribution in [2.75, 3.05) is 26.3 Å². The molecule has 1 heterocycles. The van der Waals surface area contributed by atoms with E-state index in [0.29, 0.717) is 26.3 Å². The van der Waals surface area contributed by atoms with E-state index in [1.807, 2.05) is 24.3 Å². The molecule has 0 amide bonds. The predicted octanol–water partition coefficient (Wildman–Crippen LogP) is 4.74. The molecule has 4 rings (SSSR count). The third kappa shape index (κ3) is 5.99. The molecule has 0 aliphatic heterocycles. The van der Waals surface area contributed by atoms with Crippen LogP contribution in [-0.4, -0.2) is 35.1 Å². The minimum absolute atomic E-state index is 0.207. The molecule has 3 aromatic rings. The Morgan fingerprint density at radius 2 is 1.39 bits per heavy atom. The van der Waals surface area contributed by atoms with E-state index in [1.165, 1.54) is 17.3 Å². The number of ether oxygens (including phenoxy) is 2. The Morgan fingerprint density at radius 3 is 2.00 bits per heavy atom. The van der Waals surface area contributed by atoms with Crippen molar-refractivity contribution < 1.29 is 9.47 Å². The van der Waals surface area contributed by atoms with E-state index in [2.05, 4.69) is 39.1 Å². The van der Waals surface area contributed by atoms with E-state index in [4.69, 9.17) is 20.9 Å². The van der Waals surface area contributed by atoms with Crippen LogP contribution in [0.3, 0.4) is 0 Å². The van der Waals surface area contributed by atoms with Gasteiger partial charge in [0, 0.05) is 11.5 Å². The summed E-state index contributed by atoms with van der Waals surface area (Å²) < 4.78 is 20.9. The van der Waals surface area contributed by atoms with Gasteiger partial charge in [0.15, 0.2) is 0 Å². The van der Waals surface area contributed by atoms with Crippen molar-refractivity contribution in [2.24, 2.45) is 11.5 Å². The van der Waals surface area contributed by atoms with Crippen LogP contribution >= 0.6 is 11.7 Å². The number of nitrogens with zero attached hydrogens (tertiary/aromatic N) is 2. The van der Waals surface area contributed by atoms with Crippen LogP contribution in [0.15, 0.2) is 54.6 Å². The van der Waals surface area contributed by atoms with Crippen molar-refractivity contribution in [1.29, 1.82) is 0 Å². The number of benzene rings is 2. The van der Waals surface area contributed by atoms with Gasteiger partial charge < -0.3 is 20.9 Å². The number of fused-ring (bicyclic) bond motifs is 1. The molecule has 33 heavy (non-hydrogen) atoms. The summed E-state index contributed by atoms with van der Waals surface area (Å²) in [4.78, 5) is 0. The topological polar surface area (TPSA) is 96.3 Å². The van der Waals surface area contributed by atoms with Crippen LogP contribution in [0.25, 0.3) is 5.57 Å². The number of unbranched alkanes of at least 4 members (excludes halogenated alkanes) is 2. The van der Waals surface area contributed by atoms with Crippen LogP contribution in [0.1, 0.15) is 60.5 Å². The number of aromatic nitrogens is 2. The largest absolute Gasteiger partial charge is 0.494 e. The van der Waals surface area contributed by atoms with Crippen molar-refractivity contribution in [2.45, 2.75) is 38.0 Å². The Balaban J connectivity index is 1.43. The fourth-order valence-corrected chi connectivity index (χ4v) is 4.62. The number of hydrogen-bond donors (Lipinski definition) is 2. The molecule has 0 saturated carbocycles. The van der Waals surface area contributed by atoms with Crippen LogP contribution in [0.4, 0.5) is 0 Å². The molecular formula is C26H32N4O2S. The highest BCUT2D eigenvalue weighted by atomic mass is 32.1. The lowest BCUT2D eigenvalue weighted by Crippen LogP contribution is -2.09. The number of nitrogens with two attached hydrogens (primary N) is 2. The van der Waals surface area contributed by atoms with Crippen molar-refractivity contribution in [1.82, 2.24) is 8.75 Å². The van der Waals surface area contributed by atoms with E-state index >= 15 is 0 Å². The monoisotopic (exact) mass is 464 g/mol. The first kappa shape index (κ1) is 23.4. The second-order valence-corrected chi connectivity index (χ2v) is 8.71. The van der Waals surface area contributed by atoms with E-state index < -0.39 is 0 Å². The summed E-state index contributed by atoms with van der Waals surface area (Å²) in [6.45, 7) is 2.80. The van der Waals surface area contributed by atoms with Gasteiger partial charge in [-0.05, 0) is 80.6 Å². The van der Waals surface area contributed by atoms with E-state index in [-0.39, 0.29) is 5.92 Å². The van der Waals surface area contributed by atoms with E-state index in [0.717, 1.165) is 66.1 Å². The van der Waals surface area contributed by atoms with Crippen molar-refractivity contribution in [3.8, 4) is 11.5 Å². The summed E-state index contributed by atoms with van der Waals surface area (Å²) in [5.74, 6) is 1.98. The lowest BCUT2D eigenvalue weighted by Gasteiger charge is -2.21. The molecule has 2 aromatic carbocycles. The highest BCUT2D eigenvalue weighted by Crippen LogP contribution is 2.40. The van der Waals surface area contributed by atoms with Gasteiger partial charge in [-0.2, -0.15) is 8.75 Å². The molecule has 1 unspecified atom stereocenters. The molecular weight excluding hydrogens is 432 g/mol. The summed E-state index contributed by atoms with van der Waals surface area (Å²) in [5, 5.41) is 0. The number of rotatable bonds is 12. The average Bonchev–Trinajstić information content (AvgIpc) is 3.35. The quantitative estimate of drug-likeness (QED) is 0.376. The van der Waals surface area contributed by atoms with Gasteiger partial charge >= 0.3 is 0 Å². The van der Waals surface area contributed by atoms with Crippen molar-refractivity contribution in [3.05, 3.63) is 77.1 Å². The molecule has 0 fully saturated rings. The molecule has 0 saturated heterocycles. The average molecular weight is 465 g/mol. The van der Waals surface area contributed by atoms with Crippen LogP contribution in [0.5, 0.6) is 11.5 Å². The van der Waals surface area contributed by atoms with Gasteiger partial charge in [0.2, 0.25) is 0 Å². The van der Waals surface area contributed by atoms with Gasteiger partial charge in [-0.3, -0.25) is 0 Å². The Labute approximate surface area is 199 Å². The summed E-state index contributed by atoms with van der Waals surface area (Å²) in [6.07, 6.45) is 7.09. The third-order valence-corrected chi connectivity index (χ3v) is 6.38. The van der Waals surface area contributed by atoms with Crippen LogP contribution in [0, 0.1) is 0 Å². The van der Waals surface area contributed by atoms with E-state index in [9.17, 15) is 0 Å². The predicted molar refractivity (Wildman–Crippen MR) is 134 cm³/mol. The summed E-state index contributed by atoms with van der Waals surface area (Å²) in [7, 11) is 0. The standard InChI is InChI=1S/C26H32N4O2S/c27-15-1-3-17-31-21-9-5-19(6-10-21)23-13-14-24(26-25(23)29-33-30-26)20-7-11-22(12-8-20)32-18-4-2-16-28/h5-13,24H,1-4,14-18,27-28H2. The normalized spacial score (nSPS) is 15.1. The minimum Gasteiger partial charge on any atom is -0.494 e.